The van der Waals surface area contributed by atoms with Gasteiger partial charge in [-0.25, -0.2) is 4.68 Å². The van der Waals surface area contributed by atoms with E-state index in [9.17, 15) is 4.79 Å². The van der Waals surface area contributed by atoms with Gasteiger partial charge in [0.2, 0.25) is 5.91 Å². The highest BCUT2D eigenvalue weighted by molar-refractivity contribution is 5.76. The summed E-state index contributed by atoms with van der Waals surface area (Å²) in [5, 5.41) is 4.67. The molecule has 1 saturated carbocycles. The number of carbonyl (C=O) groups is 1. The van der Waals surface area contributed by atoms with Crippen LogP contribution in [0, 0.1) is 19.8 Å². The molecule has 1 aromatic heterocycles. The molecule has 24 heavy (non-hydrogen) atoms. The topological polar surface area (TPSA) is 38.1 Å². The summed E-state index contributed by atoms with van der Waals surface area (Å²) in [5.74, 6) is 0.849. The Bertz CT molecular complexity index is 699. The summed E-state index contributed by atoms with van der Waals surface area (Å²) in [5.41, 5.74) is 4.32. The lowest BCUT2D eigenvalue weighted by Crippen LogP contribution is -2.28. The quantitative estimate of drug-likeness (QED) is 0.832. The lowest BCUT2D eigenvalue weighted by Gasteiger charge is -2.19. The van der Waals surface area contributed by atoms with E-state index in [0.717, 1.165) is 22.6 Å². The van der Waals surface area contributed by atoms with E-state index in [1.165, 1.54) is 25.7 Å². The minimum atomic E-state index is 0.258. The summed E-state index contributed by atoms with van der Waals surface area (Å²) in [6.07, 6.45) is 5.68. The van der Waals surface area contributed by atoms with Crippen molar-refractivity contribution < 1.29 is 4.79 Å². The van der Waals surface area contributed by atoms with Gasteiger partial charge in [-0.15, -0.1) is 0 Å². The van der Waals surface area contributed by atoms with Crippen LogP contribution in [0.3, 0.4) is 0 Å². The van der Waals surface area contributed by atoms with E-state index in [1.54, 1.807) is 0 Å². The molecule has 1 amide bonds. The number of carbonyl (C=O) groups excluding carboxylic acids is 1. The van der Waals surface area contributed by atoms with Crippen LogP contribution in [0.2, 0.25) is 0 Å². The van der Waals surface area contributed by atoms with Gasteiger partial charge < -0.3 is 4.90 Å². The van der Waals surface area contributed by atoms with Crippen molar-refractivity contribution in [3.63, 3.8) is 0 Å². The van der Waals surface area contributed by atoms with Crippen molar-refractivity contribution in [3.8, 4) is 5.69 Å². The normalized spacial score (nSPS) is 15.0. The monoisotopic (exact) mass is 325 g/mol. The number of aryl methyl sites for hydroxylation is 1. The average Bonchev–Trinajstić information content (AvgIpc) is 3.19. The summed E-state index contributed by atoms with van der Waals surface area (Å²) in [6, 6.07) is 10.1. The van der Waals surface area contributed by atoms with Gasteiger partial charge in [-0.2, -0.15) is 5.10 Å². The van der Waals surface area contributed by atoms with Gasteiger partial charge in [0, 0.05) is 31.3 Å². The molecule has 1 aromatic carbocycles. The predicted octanol–water partition coefficient (Wildman–Crippen LogP) is 4.03. The molecule has 0 N–H and O–H groups in total. The van der Waals surface area contributed by atoms with Crippen LogP contribution in [0.25, 0.3) is 5.69 Å². The van der Waals surface area contributed by atoms with E-state index in [0.29, 0.717) is 18.9 Å². The van der Waals surface area contributed by atoms with Crippen LogP contribution < -0.4 is 0 Å². The van der Waals surface area contributed by atoms with E-state index in [-0.39, 0.29) is 5.91 Å². The molecule has 0 unspecified atom stereocenters. The minimum absolute atomic E-state index is 0.258. The fraction of sp³-hybridized carbons (Fsp3) is 0.500. The zero-order chi connectivity index (χ0) is 17.1. The highest BCUT2D eigenvalue weighted by Gasteiger charge is 2.22. The maximum atomic E-state index is 12.5. The van der Waals surface area contributed by atoms with Gasteiger partial charge >= 0.3 is 0 Å². The molecular weight excluding hydrogens is 298 g/mol. The molecule has 1 heterocycles. The SMILES string of the molecule is Cc1nn(-c2ccccc2)c(C)c1CN(C)C(=O)CC1CCCC1. The zero-order valence-electron chi connectivity index (χ0n) is 15.0. The molecule has 0 spiro atoms. The number of hydrogen-bond donors (Lipinski definition) is 0. The Morgan fingerprint density at radius 2 is 1.88 bits per heavy atom. The fourth-order valence-electron chi connectivity index (χ4n) is 3.67. The Labute approximate surface area is 144 Å². The number of para-hydroxylation sites is 1. The zero-order valence-corrected chi connectivity index (χ0v) is 15.0. The minimum Gasteiger partial charge on any atom is -0.341 e. The molecule has 128 valence electrons. The second kappa shape index (κ2) is 7.20. The van der Waals surface area contributed by atoms with Crippen LogP contribution in [0.1, 0.15) is 49.1 Å². The predicted molar refractivity (Wildman–Crippen MR) is 96.1 cm³/mol. The van der Waals surface area contributed by atoms with Crippen molar-refractivity contribution in [2.24, 2.45) is 5.92 Å². The third-order valence-electron chi connectivity index (χ3n) is 5.20. The summed E-state index contributed by atoms with van der Waals surface area (Å²) < 4.78 is 1.97. The molecule has 1 fully saturated rings. The fourth-order valence-corrected chi connectivity index (χ4v) is 3.67. The van der Waals surface area contributed by atoms with Gasteiger partial charge in [-0.1, -0.05) is 31.0 Å². The lowest BCUT2D eigenvalue weighted by atomic mass is 10.0. The van der Waals surface area contributed by atoms with Gasteiger partial charge in [0.05, 0.1) is 11.4 Å². The van der Waals surface area contributed by atoms with Crippen LogP contribution in [0.15, 0.2) is 30.3 Å². The number of benzene rings is 1. The number of aromatic nitrogens is 2. The Kier molecular flexibility index (Phi) is 5.03. The molecule has 4 heteroatoms. The van der Waals surface area contributed by atoms with Crippen LogP contribution in [-0.4, -0.2) is 27.6 Å². The first kappa shape index (κ1) is 16.7. The summed E-state index contributed by atoms with van der Waals surface area (Å²) in [7, 11) is 1.91. The molecule has 0 saturated heterocycles. The van der Waals surface area contributed by atoms with Crippen molar-refractivity contribution in [2.45, 2.75) is 52.5 Å². The molecule has 1 aliphatic carbocycles. The summed E-state index contributed by atoms with van der Waals surface area (Å²) in [6.45, 7) is 4.74. The van der Waals surface area contributed by atoms with E-state index in [4.69, 9.17) is 0 Å². The van der Waals surface area contributed by atoms with Crippen LogP contribution in [-0.2, 0) is 11.3 Å². The lowest BCUT2D eigenvalue weighted by molar-refractivity contribution is -0.131. The maximum Gasteiger partial charge on any atom is 0.222 e. The second-order valence-corrected chi connectivity index (χ2v) is 7.00. The highest BCUT2D eigenvalue weighted by atomic mass is 16.2. The van der Waals surface area contributed by atoms with Crippen LogP contribution in [0.4, 0.5) is 0 Å². The largest absolute Gasteiger partial charge is 0.341 e. The Hall–Kier alpha value is -2.10. The first-order valence-electron chi connectivity index (χ1n) is 8.90. The van der Waals surface area contributed by atoms with E-state index in [2.05, 4.69) is 24.2 Å². The van der Waals surface area contributed by atoms with Gasteiger partial charge in [0.1, 0.15) is 0 Å². The van der Waals surface area contributed by atoms with E-state index >= 15 is 0 Å². The van der Waals surface area contributed by atoms with E-state index < -0.39 is 0 Å². The highest BCUT2D eigenvalue weighted by Crippen LogP contribution is 2.28. The van der Waals surface area contributed by atoms with Crippen molar-refractivity contribution in [2.75, 3.05) is 7.05 Å². The molecule has 0 atom stereocenters. The first-order valence-corrected chi connectivity index (χ1v) is 8.90. The summed E-state index contributed by atoms with van der Waals surface area (Å²) in [4.78, 5) is 14.4. The van der Waals surface area contributed by atoms with Crippen molar-refractivity contribution in [1.82, 2.24) is 14.7 Å². The Morgan fingerprint density at radius 3 is 2.54 bits per heavy atom. The van der Waals surface area contributed by atoms with Gasteiger partial charge in [0.25, 0.3) is 0 Å². The molecular formula is C20H27N3O. The molecule has 4 nitrogen and oxygen atoms in total. The third-order valence-corrected chi connectivity index (χ3v) is 5.20. The van der Waals surface area contributed by atoms with E-state index in [1.807, 2.05) is 41.8 Å². The number of rotatable bonds is 5. The van der Waals surface area contributed by atoms with Crippen molar-refractivity contribution in [3.05, 3.63) is 47.3 Å². The van der Waals surface area contributed by atoms with Crippen LogP contribution in [0.5, 0.6) is 0 Å². The summed E-state index contributed by atoms with van der Waals surface area (Å²) >= 11 is 0. The molecule has 0 bridgehead atoms. The van der Waals surface area contributed by atoms with Crippen LogP contribution >= 0.6 is 0 Å². The van der Waals surface area contributed by atoms with Crippen molar-refractivity contribution in [1.29, 1.82) is 0 Å². The first-order chi connectivity index (χ1) is 11.6. The Balaban J connectivity index is 1.72. The third kappa shape index (κ3) is 3.53. The Morgan fingerprint density at radius 1 is 1.21 bits per heavy atom. The molecule has 3 rings (SSSR count). The number of amides is 1. The smallest absolute Gasteiger partial charge is 0.222 e. The molecule has 0 radical (unpaired) electrons. The van der Waals surface area contributed by atoms with Gasteiger partial charge in [-0.3, -0.25) is 4.79 Å². The number of hydrogen-bond acceptors (Lipinski definition) is 2. The van der Waals surface area contributed by atoms with Gasteiger partial charge in [-0.05, 0) is 44.7 Å². The molecule has 1 aliphatic rings. The average molecular weight is 325 g/mol. The van der Waals surface area contributed by atoms with Gasteiger partial charge in [0.15, 0.2) is 0 Å². The standard InChI is InChI=1S/C20H27N3O/c1-15-19(14-22(3)20(24)13-17-9-7-8-10-17)16(2)23(21-15)18-11-5-4-6-12-18/h4-6,11-12,17H,7-10,13-14H2,1-3H3. The maximum absolute atomic E-state index is 12.5. The number of nitrogens with zero attached hydrogens (tertiary/aromatic N) is 3. The van der Waals surface area contributed by atoms with Crippen molar-refractivity contribution >= 4 is 5.91 Å². The molecule has 0 aliphatic heterocycles. The molecule has 2 aromatic rings. The second-order valence-electron chi connectivity index (χ2n) is 7.00.